The first-order chi connectivity index (χ1) is 9.51. The number of methoxy groups -OCH3 is 1. The first-order valence-electron chi connectivity index (χ1n) is 5.88. The van der Waals surface area contributed by atoms with Gasteiger partial charge in [-0.1, -0.05) is 0 Å². The number of rotatable bonds is 3. The van der Waals surface area contributed by atoms with Gasteiger partial charge in [-0.05, 0) is 36.8 Å². The maximum absolute atomic E-state index is 13.1. The number of esters is 1. The van der Waals surface area contributed by atoms with Gasteiger partial charge < -0.3 is 15.8 Å². The molecule has 1 aromatic carbocycles. The summed E-state index contributed by atoms with van der Waals surface area (Å²) in [5, 5.41) is 2.98. The predicted octanol–water partition coefficient (Wildman–Crippen LogP) is 2.64. The van der Waals surface area contributed by atoms with Crippen LogP contribution >= 0.6 is 0 Å². The molecule has 5 nitrogen and oxygen atoms in total. The smallest absolute Gasteiger partial charge is 0.341 e. The number of hydrogen-bond donors (Lipinski definition) is 2. The van der Waals surface area contributed by atoms with Crippen molar-refractivity contribution < 1.29 is 13.9 Å². The average molecular weight is 275 g/mol. The highest BCUT2D eigenvalue weighted by Gasteiger charge is 2.14. The molecule has 2 aromatic rings. The number of anilines is 3. The molecule has 104 valence electrons. The molecule has 0 atom stereocenters. The molecule has 0 saturated carbocycles. The SMILES string of the molecule is COC(=O)c1cc(N)cnc1Nc1ccc(F)cc1C. The Morgan fingerprint density at radius 2 is 2.15 bits per heavy atom. The van der Waals surface area contributed by atoms with Crippen molar-refractivity contribution in [1.29, 1.82) is 0 Å². The van der Waals surface area contributed by atoms with Crippen molar-refractivity contribution in [2.75, 3.05) is 18.2 Å². The summed E-state index contributed by atoms with van der Waals surface area (Å²) < 4.78 is 17.8. The number of aromatic nitrogens is 1. The fourth-order valence-electron chi connectivity index (χ4n) is 1.74. The third-order valence-corrected chi connectivity index (χ3v) is 2.76. The molecule has 3 N–H and O–H groups in total. The van der Waals surface area contributed by atoms with Gasteiger partial charge >= 0.3 is 5.97 Å². The zero-order valence-corrected chi connectivity index (χ0v) is 11.1. The summed E-state index contributed by atoms with van der Waals surface area (Å²) in [5.41, 5.74) is 7.53. The lowest BCUT2D eigenvalue weighted by Gasteiger charge is -2.12. The molecule has 0 aliphatic carbocycles. The summed E-state index contributed by atoms with van der Waals surface area (Å²) in [5.74, 6) is -0.570. The van der Waals surface area contributed by atoms with Gasteiger partial charge in [0.25, 0.3) is 0 Å². The van der Waals surface area contributed by atoms with Gasteiger partial charge in [0, 0.05) is 5.69 Å². The standard InChI is InChI=1S/C14H14FN3O2/c1-8-5-9(15)3-4-12(8)18-13-11(14(19)20-2)6-10(16)7-17-13/h3-7H,16H2,1-2H3,(H,17,18). The van der Waals surface area contributed by atoms with Crippen LogP contribution in [0.1, 0.15) is 15.9 Å². The Labute approximate surface area is 115 Å². The molecule has 2 rings (SSSR count). The van der Waals surface area contributed by atoms with Crippen molar-refractivity contribution in [2.24, 2.45) is 0 Å². The first kappa shape index (κ1) is 13.8. The molecule has 0 radical (unpaired) electrons. The van der Waals surface area contributed by atoms with Crippen molar-refractivity contribution >= 4 is 23.2 Å². The van der Waals surface area contributed by atoms with Crippen LogP contribution in [0.15, 0.2) is 30.5 Å². The van der Waals surface area contributed by atoms with Crippen LogP contribution in [0, 0.1) is 12.7 Å². The fourth-order valence-corrected chi connectivity index (χ4v) is 1.74. The van der Waals surface area contributed by atoms with Crippen molar-refractivity contribution in [2.45, 2.75) is 6.92 Å². The quantitative estimate of drug-likeness (QED) is 0.842. The molecule has 0 spiro atoms. The van der Waals surface area contributed by atoms with Crippen molar-refractivity contribution in [3.05, 3.63) is 47.4 Å². The van der Waals surface area contributed by atoms with E-state index in [0.717, 1.165) is 0 Å². The normalized spacial score (nSPS) is 10.2. The van der Waals surface area contributed by atoms with Gasteiger partial charge in [-0.3, -0.25) is 0 Å². The lowest BCUT2D eigenvalue weighted by molar-refractivity contribution is 0.0601. The minimum Gasteiger partial charge on any atom is -0.465 e. The van der Waals surface area contributed by atoms with E-state index < -0.39 is 5.97 Å². The number of halogens is 1. The van der Waals surface area contributed by atoms with E-state index >= 15 is 0 Å². The molecule has 0 aliphatic heterocycles. The summed E-state index contributed by atoms with van der Waals surface area (Å²) in [6.45, 7) is 1.75. The number of carbonyl (C=O) groups excluding carboxylic acids is 1. The average Bonchev–Trinajstić information content (AvgIpc) is 2.42. The number of pyridine rings is 1. The van der Waals surface area contributed by atoms with Crippen molar-refractivity contribution in [3.63, 3.8) is 0 Å². The molecule has 0 bridgehead atoms. The van der Waals surface area contributed by atoms with Crippen LogP contribution in [0.3, 0.4) is 0 Å². The van der Waals surface area contributed by atoms with Gasteiger partial charge in [0.05, 0.1) is 19.0 Å². The van der Waals surface area contributed by atoms with Gasteiger partial charge in [0.2, 0.25) is 0 Å². The van der Waals surface area contributed by atoms with Crippen LogP contribution in [-0.2, 0) is 4.74 Å². The summed E-state index contributed by atoms with van der Waals surface area (Å²) in [6.07, 6.45) is 1.42. The summed E-state index contributed by atoms with van der Waals surface area (Å²) in [6, 6.07) is 5.76. The number of hydrogen-bond acceptors (Lipinski definition) is 5. The highest BCUT2D eigenvalue weighted by molar-refractivity contribution is 5.96. The van der Waals surface area contributed by atoms with E-state index in [1.54, 1.807) is 13.0 Å². The Hall–Kier alpha value is -2.63. The van der Waals surface area contributed by atoms with Crippen molar-refractivity contribution in [3.8, 4) is 0 Å². The molecule has 1 aromatic heterocycles. The second-order valence-corrected chi connectivity index (χ2v) is 4.24. The zero-order valence-electron chi connectivity index (χ0n) is 11.1. The van der Waals surface area contributed by atoms with Gasteiger partial charge in [-0.2, -0.15) is 0 Å². The molecule has 1 heterocycles. The Kier molecular flexibility index (Phi) is 3.84. The Morgan fingerprint density at radius 3 is 2.80 bits per heavy atom. The molecule has 0 unspecified atom stereocenters. The largest absolute Gasteiger partial charge is 0.465 e. The van der Waals surface area contributed by atoms with Gasteiger partial charge in [0.1, 0.15) is 17.2 Å². The van der Waals surface area contributed by atoms with Crippen molar-refractivity contribution in [1.82, 2.24) is 4.98 Å². The maximum atomic E-state index is 13.1. The van der Waals surface area contributed by atoms with E-state index in [1.807, 2.05) is 0 Å². The van der Waals surface area contributed by atoms with Gasteiger partial charge in [0.15, 0.2) is 0 Å². The third kappa shape index (κ3) is 2.85. The molecular formula is C14H14FN3O2. The second-order valence-electron chi connectivity index (χ2n) is 4.24. The number of ether oxygens (including phenoxy) is 1. The minimum absolute atomic E-state index is 0.219. The molecule has 20 heavy (non-hydrogen) atoms. The number of benzene rings is 1. The summed E-state index contributed by atoms with van der Waals surface area (Å²) >= 11 is 0. The number of aryl methyl sites for hydroxylation is 1. The Balaban J connectivity index is 2.40. The van der Waals surface area contributed by atoms with Gasteiger partial charge in [-0.15, -0.1) is 0 Å². The topological polar surface area (TPSA) is 77.2 Å². The van der Waals surface area contributed by atoms with E-state index in [-0.39, 0.29) is 11.4 Å². The van der Waals surface area contributed by atoms with Crippen LogP contribution in [0.25, 0.3) is 0 Å². The summed E-state index contributed by atoms with van der Waals surface area (Å²) in [4.78, 5) is 15.8. The Bertz CT molecular complexity index is 659. The predicted molar refractivity (Wildman–Crippen MR) is 74.4 cm³/mol. The highest BCUT2D eigenvalue weighted by atomic mass is 19.1. The third-order valence-electron chi connectivity index (χ3n) is 2.76. The molecule has 0 fully saturated rings. The molecule has 0 aliphatic rings. The molecular weight excluding hydrogens is 261 g/mol. The zero-order chi connectivity index (χ0) is 14.7. The van der Waals surface area contributed by atoms with Crippen LogP contribution in [0.4, 0.5) is 21.6 Å². The second kappa shape index (κ2) is 5.56. The van der Waals surface area contributed by atoms with Crippen LogP contribution < -0.4 is 11.1 Å². The molecule has 6 heteroatoms. The van der Waals surface area contributed by atoms with Crippen LogP contribution in [0.5, 0.6) is 0 Å². The van der Waals surface area contributed by atoms with E-state index in [9.17, 15) is 9.18 Å². The van der Waals surface area contributed by atoms with E-state index in [0.29, 0.717) is 22.8 Å². The molecule has 0 amide bonds. The first-order valence-corrected chi connectivity index (χ1v) is 5.88. The van der Waals surface area contributed by atoms with Crippen LogP contribution in [0.2, 0.25) is 0 Å². The lowest BCUT2D eigenvalue weighted by Crippen LogP contribution is -2.09. The fraction of sp³-hybridized carbons (Fsp3) is 0.143. The highest BCUT2D eigenvalue weighted by Crippen LogP contribution is 2.24. The Morgan fingerprint density at radius 1 is 1.40 bits per heavy atom. The maximum Gasteiger partial charge on any atom is 0.341 e. The lowest BCUT2D eigenvalue weighted by atomic mass is 10.2. The number of nitrogens with zero attached hydrogens (tertiary/aromatic N) is 1. The number of nitrogens with one attached hydrogen (secondary N) is 1. The number of carbonyl (C=O) groups is 1. The summed E-state index contributed by atoms with van der Waals surface area (Å²) in [7, 11) is 1.28. The van der Waals surface area contributed by atoms with E-state index in [4.69, 9.17) is 5.73 Å². The number of nitrogens with two attached hydrogens (primary N) is 1. The van der Waals surface area contributed by atoms with Gasteiger partial charge in [-0.25, -0.2) is 14.2 Å². The molecule has 0 saturated heterocycles. The van der Waals surface area contributed by atoms with E-state index in [1.165, 1.54) is 31.5 Å². The monoisotopic (exact) mass is 275 g/mol. The minimum atomic E-state index is -0.549. The number of nitrogen functional groups attached to an aromatic ring is 1. The van der Waals surface area contributed by atoms with Crippen LogP contribution in [-0.4, -0.2) is 18.1 Å². The van der Waals surface area contributed by atoms with E-state index in [2.05, 4.69) is 15.0 Å².